The molecule has 1 N–H and O–H groups in total. The number of aromatic amines is 1. The quantitative estimate of drug-likeness (QED) is 0.781. The molecule has 1 aromatic carbocycles. The van der Waals surface area contributed by atoms with Crippen molar-refractivity contribution in [3.05, 3.63) is 52.4 Å². The predicted octanol–water partition coefficient (Wildman–Crippen LogP) is 2.60. The molecule has 0 amide bonds. The van der Waals surface area contributed by atoms with Crippen LogP contribution in [0.1, 0.15) is 24.4 Å². The molecule has 102 valence electrons. The number of H-pyrrole nitrogens is 1. The summed E-state index contributed by atoms with van der Waals surface area (Å²) in [5.41, 5.74) is 3.28. The third-order valence-corrected chi connectivity index (χ3v) is 3.84. The van der Waals surface area contributed by atoms with Gasteiger partial charge in [0.1, 0.15) is 0 Å². The van der Waals surface area contributed by atoms with Gasteiger partial charge in [-0.1, -0.05) is 6.07 Å². The molecule has 0 saturated heterocycles. The summed E-state index contributed by atoms with van der Waals surface area (Å²) in [5, 5.41) is 16.4. The van der Waals surface area contributed by atoms with Gasteiger partial charge in [0.15, 0.2) is 0 Å². The van der Waals surface area contributed by atoms with Gasteiger partial charge in [-0.25, -0.2) is 5.10 Å². The SMILES string of the molecule is N#Cc1ccc2cc(-c3cn[nH]c(=O)c3)n(C3CC3)c2c1. The van der Waals surface area contributed by atoms with Crippen LogP contribution in [0.5, 0.6) is 0 Å². The highest BCUT2D eigenvalue weighted by Crippen LogP contribution is 2.42. The van der Waals surface area contributed by atoms with Gasteiger partial charge in [0.25, 0.3) is 5.56 Å². The number of fused-ring (bicyclic) bond motifs is 1. The molecule has 21 heavy (non-hydrogen) atoms. The summed E-state index contributed by atoms with van der Waals surface area (Å²) in [6.07, 6.45) is 3.92. The number of nitriles is 1. The van der Waals surface area contributed by atoms with Crippen LogP contribution in [-0.4, -0.2) is 14.8 Å². The van der Waals surface area contributed by atoms with E-state index in [1.54, 1.807) is 12.3 Å². The first-order chi connectivity index (χ1) is 10.3. The van der Waals surface area contributed by atoms with Gasteiger partial charge in [-0.05, 0) is 31.0 Å². The topological polar surface area (TPSA) is 74.5 Å². The molecule has 1 fully saturated rings. The van der Waals surface area contributed by atoms with Crippen LogP contribution < -0.4 is 5.56 Å². The maximum absolute atomic E-state index is 11.5. The van der Waals surface area contributed by atoms with Gasteiger partial charge in [0.05, 0.1) is 29.0 Å². The summed E-state index contributed by atoms with van der Waals surface area (Å²) >= 11 is 0. The van der Waals surface area contributed by atoms with Crippen molar-refractivity contribution in [1.82, 2.24) is 14.8 Å². The van der Waals surface area contributed by atoms with E-state index in [1.807, 2.05) is 18.2 Å². The van der Waals surface area contributed by atoms with Crippen LogP contribution in [0.25, 0.3) is 22.2 Å². The molecular formula is C16H12N4O. The van der Waals surface area contributed by atoms with Crippen LogP contribution in [0, 0.1) is 11.3 Å². The second kappa shape index (κ2) is 4.32. The van der Waals surface area contributed by atoms with Crippen molar-refractivity contribution in [3.63, 3.8) is 0 Å². The fourth-order valence-corrected chi connectivity index (χ4v) is 2.76. The number of hydrogen-bond acceptors (Lipinski definition) is 3. The Kier molecular flexibility index (Phi) is 2.45. The molecule has 2 aromatic heterocycles. The Morgan fingerprint density at radius 2 is 2.14 bits per heavy atom. The van der Waals surface area contributed by atoms with E-state index in [0.717, 1.165) is 35.0 Å². The van der Waals surface area contributed by atoms with E-state index in [4.69, 9.17) is 5.26 Å². The van der Waals surface area contributed by atoms with Crippen molar-refractivity contribution < 1.29 is 0 Å². The third kappa shape index (κ3) is 1.93. The number of aromatic nitrogens is 3. The fourth-order valence-electron chi connectivity index (χ4n) is 2.76. The minimum atomic E-state index is -0.210. The molecule has 1 saturated carbocycles. The van der Waals surface area contributed by atoms with Crippen molar-refractivity contribution in [2.75, 3.05) is 0 Å². The minimum absolute atomic E-state index is 0.210. The van der Waals surface area contributed by atoms with Gasteiger partial charge < -0.3 is 4.57 Å². The van der Waals surface area contributed by atoms with Crippen LogP contribution >= 0.6 is 0 Å². The Labute approximate surface area is 120 Å². The van der Waals surface area contributed by atoms with Crippen LogP contribution in [0.15, 0.2) is 41.3 Å². The highest BCUT2D eigenvalue weighted by molar-refractivity contribution is 5.88. The third-order valence-electron chi connectivity index (χ3n) is 3.84. The molecule has 1 aliphatic rings. The summed E-state index contributed by atoms with van der Waals surface area (Å²) in [6.45, 7) is 0. The summed E-state index contributed by atoms with van der Waals surface area (Å²) in [6, 6.07) is 11.9. The summed E-state index contributed by atoms with van der Waals surface area (Å²) < 4.78 is 2.23. The second-order valence-electron chi connectivity index (χ2n) is 5.35. The molecule has 4 rings (SSSR count). The van der Waals surface area contributed by atoms with E-state index in [9.17, 15) is 4.79 Å². The predicted molar refractivity (Wildman–Crippen MR) is 78.8 cm³/mol. The maximum Gasteiger partial charge on any atom is 0.264 e. The Morgan fingerprint density at radius 3 is 2.86 bits per heavy atom. The van der Waals surface area contributed by atoms with Crippen LogP contribution in [0.2, 0.25) is 0 Å². The molecule has 3 aromatic rings. The van der Waals surface area contributed by atoms with E-state index in [-0.39, 0.29) is 5.56 Å². The van der Waals surface area contributed by atoms with Crippen molar-refractivity contribution in [2.45, 2.75) is 18.9 Å². The zero-order valence-corrected chi connectivity index (χ0v) is 11.2. The largest absolute Gasteiger partial charge is 0.337 e. The van der Waals surface area contributed by atoms with Gasteiger partial charge >= 0.3 is 0 Å². The van der Waals surface area contributed by atoms with E-state index < -0.39 is 0 Å². The number of rotatable bonds is 2. The smallest absolute Gasteiger partial charge is 0.264 e. The highest BCUT2D eigenvalue weighted by atomic mass is 16.1. The standard InChI is InChI=1S/C16H12N4O/c17-8-10-1-2-11-6-15(12-7-16(21)19-18-9-12)20(13-3-4-13)14(11)5-10/h1-2,5-7,9,13H,3-4H2,(H,19,21). The van der Waals surface area contributed by atoms with Crippen LogP contribution in [0.3, 0.4) is 0 Å². The Hall–Kier alpha value is -2.87. The average molecular weight is 276 g/mol. The van der Waals surface area contributed by atoms with E-state index in [1.165, 1.54) is 0 Å². The van der Waals surface area contributed by atoms with Gasteiger partial charge in [0, 0.05) is 23.1 Å². The first-order valence-electron chi connectivity index (χ1n) is 6.86. The van der Waals surface area contributed by atoms with Crippen molar-refractivity contribution in [1.29, 1.82) is 5.26 Å². The van der Waals surface area contributed by atoms with Gasteiger partial charge in [-0.15, -0.1) is 0 Å². The maximum atomic E-state index is 11.5. The zero-order chi connectivity index (χ0) is 14.4. The Morgan fingerprint density at radius 1 is 1.29 bits per heavy atom. The summed E-state index contributed by atoms with van der Waals surface area (Å²) in [5.74, 6) is 0. The number of nitrogens with one attached hydrogen (secondary N) is 1. The average Bonchev–Trinajstić information content (AvgIpc) is 3.26. The van der Waals surface area contributed by atoms with E-state index in [2.05, 4.69) is 26.9 Å². The second-order valence-corrected chi connectivity index (χ2v) is 5.35. The number of nitrogens with zero attached hydrogens (tertiary/aromatic N) is 3. The van der Waals surface area contributed by atoms with Gasteiger partial charge in [0.2, 0.25) is 0 Å². The first kappa shape index (κ1) is 11.9. The van der Waals surface area contributed by atoms with Crippen molar-refractivity contribution in [2.24, 2.45) is 0 Å². The molecule has 0 radical (unpaired) electrons. The monoisotopic (exact) mass is 276 g/mol. The van der Waals surface area contributed by atoms with Crippen molar-refractivity contribution in [3.8, 4) is 17.3 Å². The number of benzene rings is 1. The molecule has 0 bridgehead atoms. The lowest BCUT2D eigenvalue weighted by Gasteiger charge is -2.09. The highest BCUT2D eigenvalue weighted by Gasteiger charge is 2.28. The molecule has 0 atom stereocenters. The van der Waals surface area contributed by atoms with Gasteiger partial charge in [-0.3, -0.25) is 4.79 Å². The van der Waals surface area contributed by atoms with Crippen LogP contribution in [0.4, 0.5) is 0 Å². The van der Waals surface area contributed by atoms with Gasteiger partial charge in [-0.2, -0.15) is 10.4 Å². The lowest BCUT2D eigenvalue weighted by atomic mass is 10.1. The lowest BCUT2D eigenvalue weighted by Crippen LogP contribution is -2.07. The molecule has 5 nitrogen and oxygen atoms in total. The Balaban J connectivity index is 2.03. The molecule has 5 heteroatoms. The molecule has 1 aliphatic carbocycles. The van der Waals surface area contributed by atoms with E-state index >= 15 is 0 Å². The molecule has 0 aliphatic heterocycles. The normalized spacial score (nSPS) is 14.2. The lowest BCUT2D eigenvalue weighted by molar-refractivity contribution is 0.782. The minimum Gasteiger partial charge on any atom is -0.337 e. The Bertz CT molecular complexity index is 941. The first-order valence-corrected chi connectivity index (χ1v) is 6.86. The summed E-state index contributed by atoms with van der Waals surface area (Å²) in [4.78, 5) is 11.5. The van der Waals surface area contributed by atoms with E-state index in [0.29, 0.717) is 11.6 Å². The zero-order valence-electron chi connectivity index (χ0n) is 11.2. The van der Waals surface area contributed by atoms with Crippen LogP contribution in [-0.2, 0) is 0 Å². The number of hydrogen-bond donors (Lipinski definition) is 1. The van der Waals surface area contributed by atoms with Crippen molar-refractivity contribution >= 4 is 10.9 Å². The molecule has 0 unspecified atom stereocenters. The molecule has 0 spiro atoms. The molecule has 2 heterocycles. The fraction of sp³-hybridized carbons (Fsp3) is 0.188. The summed E-state index contributed by atoms with van der Waals surface area (Å²) in [7, 11) is 0. The molecular weight excluding hydrogens is 264 g/mol.